The van der Waals surface area contributed by atoms with Crippen molar-refractivity contribution in [2.45, 2.75) is 85.5 Å². The average Bonchev–Trinajstić information content (AvgIpc) is 3.15. The van der Waals surface area contributed by atoms with Gasteiger partial charge in [-0.1, -0.05) is 163 Å². The van der Waals surface area contributed by atoms with Crippen LogP contribution in [0, 0.1) is 18.8 Å². The molecule has 1 unspecified atom stereocenters. The zero-order chi connectivity index (χ0) is 33.1. The van der Waals surface area contributed by atoms with Crippen molar-refractivity contribution >= 4 is 16.3 Å². The van der Waals surface area contributed by atoms with E-state index < -0.39 is 0 Å². The van der Waals surface area contributed by atoms with Crippen LogP contribution in [0.3, 0.4) is 0 Å². The predicted molar refractivity (Wildman–Crippen MR) is 203 cm³/mol. The normalized spacial score (nSPS) is 17.3. The van der Waals surface area contributed by atoms with E-state index in [-0.39, 0.29) is 10.8 Å². The van der Waals surface area contributed by atoms with Crippen molar-refractivity contribution < 1.29 is 0 Å². The van der Waals surface area contributed by atoms with Crippen LogP contribution >= 0.6 is 0 Å². The molecule has 0 aliphatic heterocycles. The third kappa shape index (κ3) is 5.41. The van der Waals surface area contributed by atoms with Crippen LogP contribution in [0.15, 0.2) is 115 Å². The Morgan fingerprint density at radius 2 is 1.47 bits per heavy atom. The Balaban J connectivity index is 1.29. The molecule has 7 rings (SSSR count). The SMILES string of the molecule is Cc1cc(Cc2cc3c(c4ccccc24)-c2ccc(C(C)(C)c4ccccc4)cc2C3(C)C)ccc1C1=C(C(C)C)CCC(C)C=C1. The lowest BCUT2D eigenvalue weighted by molar-refractivity contribution is 0.611. The zero-order valence-corrected chi connectivity index (χ0v) is 29.7. The third-order valence-electron chi connectivity index (χ3n) is 11.5. The van der Waals surface area contributed by atoms with Crippen molar-refractivity contribution in [3.05, 3.63) is 159 Å². The van der Waals surface area contributed by atoms with E-state index in [1.165, 1.54) is 84.8 Å². The molecule has 1 atom stereocenters. The molecule has 5 aromatic carbocycles. The van der Waals surface area contributed by atoms with E-state index in [2.05, 4.69) is 165 Å². The van der Waals surface area contributed by atoms with E-state index in [9.17, 15) is 0 Å². The first-order valence-electron chi connectivity index (χ1n) is 17.7. The van der Waals surface area contributed by atoms with Gasteiger partial charge in [-0.3, -0.25) is 0 Å². The molecule has 0 fully saturated rings. The number of allylic oxidation sites excluding steroid dienone is 4. The molecule has 0 N–H and O–H groups in total. The van der Waals surface area contributed by atoms with Crippen LogP contribution in [0.25, 0.3) is 27.5 Å². The quantitative estimate of drug-likeness (QED) is 0.178. The van der Waals surface area contributed by atoms with Crippen molar-refractivity contribution in [2.75, 3.05) is 0 Å². The van der Waals surface area contributed by atoms with Gasteiger partial charge in [0.15, 0.2) is 0 Å². The smallest absolute Gasteiger partial charge is 0.0159 e. The van der Waals surface area contributed by atoms with Gasteiger partial charge < -0.3 is 0 Å². The van der Waals surface area contributed by atoms with Crippen molar-refractivity contribution in [3.63, 3.8) is 0 Å². The van der Waals surface area contributed by atoms with Crippen LogP contribution in [-0.4, -0.2) is 0 Å². The summed E-state index contributed by atoms with van der Waals surface area (Å²) in [6.45, 7) is 18.9. The molecule has 0 nitrogen and oxygen atoms in total. The molecule has 0 heterocycles. The molecular weight excluding hydrogens is 565 g/mol. The van der Waals surface area contributed by atoms with Gasteiger partial charge in [-0.25, -0.2) is 0 Å². The van der Waals surface area contributed by atoms with E-state index in [4.69, 9.17) is 0 Å². The topological polar surface area (TPSA) is 0 Å². The highest BCUT2D eigenvalue weighted by Gasteiger charge is 2.38. The van der Waals surface area contributed by atoms with Crippen molar-refractivity contribution in [1.82, 2.24) is 0 Å². The maximum atomic E-state index is 2.54. The molecule has 238 valence electrons. The summed E-state index contributed by atoms with van der Waals surface area (Å²) >= 11 is 0. The Labute approximate surface area is 283 Å². The van der Waals surface area contributed by atoms with Crippen molar-refractivity contribution in [2.24, 2.45) is 11.8 Å². The van der Waals surface area contributed by atoms with Gasteiger partial charge in [0, 0.05) is 10.8 Å². The van der Waals surface area contributed by atoms with Gasteiger partial charge in [-0.2, -0.15) is 0 Å². The lowest BCUT2D eigenvalue weighted by Crippen LogP contribution is -2.21. The minimum Gasteiger partial charge on any atom is -0.0811 e. The molecule has 0 bridgehead atoms. The molecule has 0 spiro atoms. The molecule has 5 aromatic rings. The molecule has 2 aliphatic carbocycles. The fraction of sp³-hybridized carbons (Fsp3) is 0.319. The van der Waals surface area contributed by atoms with Gasteiger partial charge in [-0.05, 0) is 110 Å². The summed E-state index contributed by atoms with van der Waals surface area (Å²) < 4.78 is 0. The highest BCUT2D eigenvalue weighted by molar-refractivity contribution is 6.04. The number of rotatable bonds is 6. The summed E-state index contributed by atoms with van der Waals surface area (Å²) in [6.07, 6.45) is 8.18. The van der Waals surface area contributed by atoms with Crippen LogP contribution in [0.2, 0.25) is 0 Å². The van der Waals surface area contributed by atoms with Gasteiger partial charge >= 0.3 is 0 Å². The zero-order valence-electron chi connectivity index (χ0n) is 29.7. The summed E-state index contributed by atoms with van der Waals surface area (Å²) in [5.74, 6) is 1.19. The minimum absolute atomic E-state index is 0.0742. The predicted octanol–water partition coefficient (Wildman–Crippen LogP) is 12.8. The first kappa shape index (κ1) is 31.4. The fourth-order valence-electron chi connectivity index (χ4n) is 8.42. The maximum absolute atomic E-state index is 2.54. The number of benzene rings is 5. The molecule has 0 radical (unpaired) electrons. The first-order valence-corrected chi connectivity index (χ1v) is 17.7. The number of hydrogen-bond donors (Lipinski definition) is 0. The third-order valence-corrected chi connectivity index (χ3v) is 11.5. The summed E-state index contributed by atoms with van der Waals surface area (Å²) in [5.41, 5.74) is 16.9. The molecule has 0 amide bonds. The summed E-state index contributed by atoms with van der Waals surface area (Å²) in [5, 5.41) is 2.75. The van der Waals surface area contributed by atoms with Crippen LogP contribution in [-0.2, 0) is 17.3 Å². The van der Waals surface area contributed by atoms with E-state index in [0.717, 1.165) is 6.42 Å². The Bertz CT molecular complexity index is 2040. The maximum Gasteiger partial charge on any atom is 0.0159 e. The largest absolute Gasteiger partial charge is 0.0811 e. The van der Waals surface area contributed by atoms with E-state index in [0.29, 0.717) is 11.8 Å². The minimum atomic E-state index is -0.0886. The average molecular weight is 615 g/mol. The van der Waals surface area contributed by atoms with Crippen LogP contribution < -0.4 is 0 Å². The van der Waals surface area contributed by atoms with Gasteiger partial charge in [0.05, 0.1) is 0 Å². The standard InChI is InChI=1S/C47H50/c1-30(2)37-22-18-31(3)19-23-40(37)38-24-20-33(26-32(38)4)27-34-28-44-45(41-17-13-12-16-39(34)41)42-25-21-36(29-43(42)47(44,7)8)46(5,6)35-14-10-9-11-15-35/h9-17,19-21,23-26,28-31H,18,22,27H2,1-8H3. The Kier molecular flexibility index (Phi) is 7.91. The van der Waals surface area contributed by atoms with E-state index >= 15 is 0 Å². The van der Waals surface area contributed by atoms with Crippen LogP contribution in [0.4, 0.5) is 0 Å². The molecule has 0 saturated heterocycles. The second-order valence-corrected chi connectivity index (χ2v) is 15.7. The number of fused-ring (bicyclic) bond motifs is 5. The Morgan fingerprint density at radius 3 is 2.19 bits per heavy atom. The van der Waals surface area contributed by atoms with Crippen molar-refractivity contribution in [1.29, 1.82) is 0 Å². The molecule has 2 aliphatic rings. The van der Waals surface area contributed by atoms with E-state index in [1.54, 1.807) is 5.57 Å². The first-order chi connectivity index (χ1) is 22.5. The highest BCUT2D eigenvalue weighted by atomic mass is 14.4. The van der Waals surface area contributed by atoms with Gasteiger partial charge in [0.25, 0.3) is 0 Å². The highest BCUT2D eigenvalue weighted by Crippen LogP contribution is 2.53. The van der Waals surface area contributed by atoms with Gasteiger partial charge in [0.2, 0.25) is 0 Å². The molecule has 47 heavy (non-hydrogen) atoms. The van der Waals surface area contributed by atoms with Gasteiger partial charge in [0.1, 0.15) is 0 Å². The lowest BCUT2D eigenvalue weighted by atomic mass is 9.75. The second-order valence-electron chi connectivity index (χ2n) is 15.7. The summed E-state index contributed by atoms with van der Waals surface area (Å²) in [4.78, 5) is 0. The molecule has 0 saturated carbocycles. The Morgan fingerprint density at radius 1 is 0.766 bits per heavy atom. The van der Waals surface area contributed by atoms with Crippen molar-refractivity contribution in [3.8, 4) is 11.1 Å². The summed E-state index contributed by atoms with van der Waals surface area (Å²) in [6, 6.07) is 37.1. The lowest BCUT2D eigenvalue weighted by Gasteiger charge is -2.29. The molecule has 0 heteroatoms. The molecule has 0 aromatic heterocycles. The summed E-state index contributed by atoms with van der Waals surface area (Å²) in [7, 11) is 0. The molecular formula is C47H50. The number of aryl methyl sites for hydroxylation is 1. The van der Waals surface area contributed by atoms with Crippen LogP contribution in [0.1, 0.15) is 106 Å². The van der Waals surface area contributed by atoms with Gasteiger partial charge in [-0.15, -0.1) is 0 Å². The Hall–Kier alpha value is -4.16. The fourth-order valence-corrected chi connectivity index (χ4v) is 8.42. The monoisotopic (exact) mass is 614 g/mol. The van der Waals surface area contributed by atoms with E-state index in [1.807, 2.05) is 0 Å². The van der Waals surface area contributed by atoms with Crippen LogP contribution in [0.5, 0.6) is 0 Å². The second kappa shape index (κ2) is 11.8. The number of hydrogen-bond acceptors (Lipinski definition) is 0.